The minimum atomic E-state index is -1.03. The highest BCUT2D eigenvalue weighted by Gasteiger charge is 2.19. The maximum absolute atomic E-state index is 10.9. The summed E-state index contributed by atoms with van der Waals surface area (Å²) in [7, 11) is 0. The molecular weight excluding hydrogens is 236 g/mol. The summed E-state index contributed by atoms with van der Waals surface area (Å²) >= 11 is 0. The summed E-state index contributed by atoms with van der Waals surface area (Å²) in [6.45, 7) is 3.92. The molecular formula is C13H16O5. The summed E-state index contributed by atoms with van der Waals surface area (Å²) in [5.74, 6) is -0.321. The molecule has 5 heteroatoms. The largest absolute Gasteiger partial charge is 0.490 e. The van der Waals surface area contributed by atoms with Crippen LogP contribution in [0.1, 0.15) is 30.6 Å². The van der Waals surface area contributed by atoms with Gasteiger partial charge in [0, 0.05) is 5.56 Å². The highest BCUT2D eigenvalue weighted by atomic mass is 16.5. The van der Waals surface area contributed by atoms with Gasteiger partial charge in [-0.25, -0.2) is 4.79 Å². The molecule has 0 spiro atoms. The van der Waals surface area contributed by atoms with Gasteiger partial charge in [0.15, 0.2) is 17.6 Å². The molecule has 18 heavy (non-hydrogen) atoms. The molecule has 0 aliphatic carbocycles. The smallest absolute Gasteiger partial charge is 0.344 e. The van der Waals surface area contributed by atoms with Gasteiger partial charge in [-0.15, -0.1) is 0 Å². The molecule has 0 fully saturated rings. The Hall–Kier alpha value is -2.04. The number of carboxylic acids is 1. The van der Waals surface area contributed by atoms with Gasteiger partial charge in [-0.1, -0.05) is 6.92 Å². The number of benzene rings is 1. The SMILES string of the molecule is CCOc1cc(C=O)ccc1OC(CC)C(=O)O. The molecule has 1 rings (SSSR count). The highest BCUT2D eigenvalue weighted by molar-refractivity contribution is 5.77. The van der Waals surface area contributed by atoms with Gasteiger partial charge in [0.1, 0.15) is 6.29 Å². The first-order valence-corrected chi connectivity index (χ1v) is 5.73. The first-order valence-electron chi connectivity index (χ1n) is 5.73. The molecule has 0 radical (unpaired) electrons. The lowest BCUT2D eigenvalue weighted by Gasteiger charge is -2.16. The molecule has 0 aliphatic rings. The lowest BCUT2D eigenvalue weighted by Crippen LogP contribution is -2.26. The van der Waals surface area contributed by atoms with Crippen LogP contribution in [0.3, 0.4) is 0 Å². The quantitative estimate of drug-likeness (QED) is 0.752. The van der Waals surface area contributed by atoms with Crippen molar-refractivity contribution in [1.29, 1.82) is 0 Å². The van der Waals surface area contributed by atoms with Crippen molar-refractivity contribution in [3.63, 3.8) is 0 Å². The van der Waals surface area contributed by atoms with Crippen molar-refractivity contribution in [1.82, 2.24) is 0 Å². The van der Waals surface area contributed by atoms with Crippen molar-refractivity contribution in [2.75, 3.05) is 6.61 Å². The molecule has 0 saturated heterocycles. The van der Waals surface area contributed by atoms with Crippen molar-refractivity contribution in [3.8, 4) is 11.5 Å². The third-order valence-corrected chi connectivity index (χ3v) is 2.32. The lowest BCUT2D eigenvalue weighted by atomic mass is 10.2. The van der Waals surface area contributed by atoms with Gasteiger partial charge in [-0.3, -0.25) is 4.79 Å². The molecule has 98 valence electrons. The van der Waals surface area contributed by atoms with E-state index in [9.17, 15) is 9.59 Å². The van der Waals surface area contributed by atoms with Crippen LogP contribution >= 0.6 is 0 Å². The second-order valence-corrected chi connectivity index (χ2v) is 3.61. The second-order valence-electron chi connectivity index (χ2n) is 3.61. The number of rotatable bonds is 7. The number of carbonyl (C=O) groups is 2. The Bertz CT molecular complexity index is 427. The van der Waals surface area contributed by atoms with E-state index in [4.69, 9.17) is 14.6 Å². The molecule has 1 aromatic carbocycles. The molecule has 1 atom stereocenters. The summed E-state index contributed by atoms with van der Waals surface area (Å²) in [6, 6.07) is 4.63. The topological polar surface area (TPSA) is 72.8 Å². The van der Waals surface area contributed by atoms with E-state index >= 15 is 0 Å². The summed E-state index contributed by atoms with van der Waals surface area (Å²) in [5.41, 5.74) is 0.453. The van der Waals surface area contributed by atoms with Crippen molar-refractivity contribution >= 4 is 12.3 Å². The fraction of sp³-hybridized carbons (Fsp3) is 0.385. The summed E-state index contributed by atoms with van der Waals surface area (Å²) in [5, 5.41) is 8.93. The third-order valence-electron chi connectivity index (χ3n) is 2.32. The first-order chi connectivity index (χ1) is 8.62. The lowest BCUT2D eigenvalue weighted by molar-refractivity contribution is -0.145. The molecule has 0 heterocycles. The number of carboxylic acid groups (broad SMARTS) is 1. The average molecular weight is 252 g/mol. The Kier molecular flexibility index (Phi) is 5.17. The van der Waals surface area contributed by atoms with Crippen LogP contribution in [0.5, 0.6) is 11.5 Å². The Balaban J connectivity index is 2.99. The molecule has 1 unspecified atom stereocenters. The van der Waals surface area contributed by atoms with Crippen molar-refractivity contribution in [3.05, 3.63) is 23.8 Å². The maximum atomic E-state index is 10.9. The van der Waals surface area contributed by atoms with Gasteiger partial charge in [0.2, 0.25) is 0 Å². The minimum absolute atomic E-state index is 0.330. The van der Waals surface area contributed by atoms with Crippen molar-refractivity contribution < 1.29 is 24.2 Å². The van der Waals surface area contributed by atoms with Gasteiger partial charge in [-0.05, 0) is 31.5 Å². The Morgan fingerprint density at radius 1 is 1.39 bits per heavy atom. The van der Waals surface area contributed by atoms with E-state index in [0.717, 1.165) is 0 Å². The summed E-state index contributed by atoms with van der Waals surface area (Å²) < 4.78 is 10.7. The zero-order chi connectivity index (χ0) is 13.5. The third kappa shape index (κ3) is 3.48. The van der Waals surface area contributed by atoms with Crippen molar-refractivity contribution in [2.45, 2.75) is 26.4 Å². The number of aliphatic carboxylic acids is 1. The normalized spacial score (nSPS) is 11.7. The number of hydrogen-bond donors (Lipinski definition) is 1. The van der Waals surface area contributed by atoms with Crippen LogP contribution in [0.4, 0.5) is 0 Å². The molecule has 0 bridgehead atoms. The van der Waals surface area contributed by atoms with Crippen LogP contribution < -0.4 is 9.47 Å². The molecule has 0 aliphatic heterocycles. The number of carbonyl (C=O) groups excluding carboxylic acids is 1. The van der Waals surface area contributed by atoms with Gasteiger partial charge < -0.3 is 14.6 Å². The molecule has 5 nitrogen and oxygen atoms in total. The van der Waals surface area contributed by atoms with Crippen LogP contribution in [-0.4, -0.2) is 30.1 Å². The molecule has 1 aromatic rings. The molecule has 0 saturated carbocycles. The van der Waals surface area contributed by atoms with Crippen LogP contribution in [-0.2, 0) is 4.79 Å². The summed E-state index contributed by atoms with van der Waals surface area (Å²) in [6.07, 6.45) is 0.114. The summed E-state index contributed by atoms with van der Waals surface area (Å²) in [4.78, 5) is 21.6. The van der Waals surface area contributed by atoms with E-state index in [1.54, 1.807) is 26.0 Å². The monoisotopic (exact) mass is 252 g/mol. The predicted molar refractivity (Wildman–Crippen MR) is 65.3 cm³/mol. The zero-order valence-corrected chi connectivity index (χ0v) is 10.4. The average Bonchev–Trinajstić information content (AvgIpc) is 2.37. The number of hydrogen-bond acceptors (Lipinski definition) is 4. The number of ether oxygens (including phenoxy) is 2. The molecule has 0 aromatic heterocycles. The van der Waals surface area contributed by atoms with Gasteiger partial charge >= 0.3 is 5.97 Å². The van der Waals surface area contributed by atoms with Crippen LogP contribution in [0.25, 0.3) is 0 Å². The van der Waals surface area contributed by atoms with E-state index < -0.39 is 12.1 Å². The van der Waals surface area contributed by atoms with Crippen LogP contribution in [0.2, 0.25) is 0 Å². The van der Waals surface area contributed by atoms with Gasteiger partial charge in [0.05, 0.1) is 6.61 Å². The van der Waals surface area contributed by atoms with E-state index in [0.29, 0.717) is 36.4 Å². The first kappa shape index (κ1) is 14.0. The van der Waals surface area contributed by atoms with Crippen LogP contribution in [0.15, 0.2) is 18.2 Å². The fourth-order valence-corrected chi connectivity index (χ4v) is 1.43. The molecule has 0 amide bonds. The molecule has 1 N–H and O–H groups in total. The Morgan fingerprint density at radius 3 is 2.61 bits per heavy atom. The number of aldehydes is 1. The highest BCUT2D eigenvalue weighted by Crippen LogP contribution is 2.29. The minimum Gasteiger partial charge on any atom is -0.490 e. The van der Waals surface area contributed by atoms with E-state index in [1.165, 1.54) is 6.07 Å². The predicted octanol–water partition coefficient (Wildman–Crippen LogP) is 2.14. The van der Waals surface area contributed by atoms with Crippen molar-refractivity contribution in [2.24, 2.45) is 0 Å². The van der Waals surface area contributed by atoms with Crippen LogP contribution in [0, 0.1) is 0 Å². The van der Waals surface area contributed by atoms with E-state index in [-0.39, 0.29) is 0 Å². The van der Waals surface area contributed by atoms with E-state index in [2.05, 4.69) is 0 Å². The standard InChI is InChI=1S/C13H16O5/c1-3-10(13(15)16)18-11-6-5-9(8-14)7-12(11)17-4-2/h5-8,10H,3-4H2,1-2H3,(H,15,16). The van der Waals surface area contributed by atoms with Gasteiger partial charge in [0.25, 0.3) is 0 Å². The van der Waals surface area contributed by atoms with Gasteiger partial charge in [-0.2, -0.15) is 0 Å². The Morgan fingerprint density at radius 2 is 2.11 bits per heavy atom. The zero-order valence-electron chi connectivity index (χ0n) is 10.4. The fourth-order valence-electron chi connectivity index (χ4n) is 1.43. The maximum Gasteiger partial charge on any atom is 0.344 e. The second kappa shape index (κ2) is 6.64. The Labute approximate surface area is 105 Å². The van der Waals surface area contributed by atoms with E-state index in [1.807, 2.05) is 0 Å².